The summed E-state index contributed by atoms with van der Waals surface area (Å²) in [6.45, 7) is 0.769. The molecule has 4 heteroatoms. The number of carbonyl (C=O) groups is 1. The molecule has 0 unspecified atom stereocenters. The minimum Gasteiger partial charge on any atom is -0.381 e. The highest BCUT2D eigenvalue weighted by Crippen LogP contribution is 2.16. The standard InChI is InChI=1S/C20H17BrN2O/c21-17-8-6-16(7-9-17)20(24)23-19-12-10-18(11-13-19)22-14-15-4-2-1-3-5-15/h1-13,22H,14H2,(H,23,24). The first-order valence-corrected chi connectivity index (χ1v) is 8.45. The van der Waals surface area contributed by atoms with E-state index in [1.165, 1.54) is 5.56 Å². The molecule has 0 aliphatic heterocycles. The molecule has 0 aliphatic rings. The van der Waals surface area contributed by atoms with Crippen molar-refractivity contribution in [3.05, 3.63) is 94.5 Å². The fourth-order valence-electron chi connectivity index (χ4n) is 2.28. The fourth-order valence-corrected chi connectivity index (χ4v) is 2.54. The largest absolute Gasteiger partial charge is 0.381 e. The molecule has 0 heterocycles. The lowest BCUT2D eigenvalue weighted by atomic mass is 10.2. The molecule has 0 aliphatic carbocycles. The van der Waals surface area contributed by atoms with E-state index in [0.717, 1.165) is 22.4 Å². The lowest BCUT2D eigenvalue weighted by molar-refractivity contribution is 0.102. The molecule has 0 radical (unpaired) electrons. The van der Waals surface area contributed by atoms with Gasteiger partial charge in [-0.2, -0.15) is 0 Å². The predicted octanol–water partition coefficient (Wildman–Crippen LogP) is 5.31. The zero-order valence-corrected chi connectivity index (χ0v) is 14.6. The summed E-state index contributed by atoms with van der Waals surface area (Å²) in [6.07, 6.45) is 0. The topological polar surface area (TPSA) is 41.1 Å². The van der Waals surface area contributed by atoms with Crippen LogP contribution in [0.5, 0.6) is 0 Å². The van der Waals surface area contributed by atoms with Crippen LogP contribution in [0.25, 0.3) is 0 Å². The summed E-state index contributed by atoms with van der Waals surface area (Å²) in [5.74, 6) is -0.118. The molecule has 2 N–H and O–H groups in total. The fraction of sp³-hybridized carbons (Fsp3) is 0.0500. The number of benzene rings is 3. The van der Waals surface area contributed by atoms with Gasteiger partial charge in [-0.25, -0.2) is 0 Å². The summed E-state index contributed by atoms with van der Waals surface area (Å²) < 4.78 is 0.952. The van der Waals surface area contributed by atoms with E-state index in [1.807, 2.05) is 54.6 Å². The van der Waals surface area contributed by atoms with E-state index < -0.39 is 0 Å². The molecule has 0 fully saturated rings. The summed E-state index contributed by atoms with van der Waals surface area (Å²) in [4.78, 5) is 12.2. The molecule has 0 saturated heterocycles. The van der Waals surface area contributed by atoms with Crippen LogP contribution >= 0.6 is 15.9 Å². The maximum Gasteiger partial charge on any atom is 0.255 e. The number of hydrogen-bond donors (Lipinski definition) is 2. The van der Waals surface area contributed by atoms with Gasteiger partial charge in [0.25, 0.3) is 5.91 Å². The van der Waals surface area contributed by atoms with Crippen LogP contribution < -0.4 is 10.6 Å². The lowest BCUT2D eigenvalue weighted by Gasteiger charge is -2.09. The molecule has 0 atom stereocenters. The zero-order chi connectivity index (χ0) is 16.8. The summed E-state index contributed by atoms with van der Waals surface area (Å²) in [6, 6.07) is 25.2. The number of amides is 1. The van der Waals surface area contributed by atoms with Crippen molar-refractivity contribution >= 4 is 33.2 Å². The van der Waals surface area contributed by atoms with Gasteiger partial charge in [-0.15, -0.1) is 0 Å². The Morgan fingerprint density at radius 3 is 2.08 bits per heavy atom. The zero-order valence-electron chi connectivity index (χ0n) is 13.0. The molecular formula is C20H17BrN2O. The van der Waals surface area contributed by atoms with Crippen molar-refractivity contribution in [1.29, 1.82) is 0 Å². The third-order valence-corrected chi connectivity index (χ3v) is 4.12. The van der Waals surface area contributed by atoms with E-state index in [9.17, 15) is 4.79 Å². The van der Waals surface area contributed by atoms with E-state index in [1.54, 1.807) is 12.1 Å². The Balaban J connectivity index is 1.58. The molecule has 3 aromatic carbocycles. The van der Waals surface area contributed by atoms with Gasteiger partial charge in [-0.3, -0.25) is 4.79 Å². The second kappa shape index (κ2) is 7.79. The predicted molar refractivity (Wildman–Crippen MR) is 102 cm³/mol. The molecule has 3 rings (SSSR count). The third kappa shape index (κ3) is 4.46. The number of halogens is 1. The summed E-state index contributed by atoms with van der Waals surface area (Å²) in [7, 11) is 0. The summed E-state index contributed by atoms with van der Waals surface area (Å²) in [5.41, 5.74) is 3.64. The highest BCUT2D eigenvalue weighted by Gasteiger charge is 2.05. The average Bonchev–Trinajstić information content (AvgIpc) is 2.62. The van der Waals surface area contributed by atoms with Crippen LogP contribution in [0.4, 0.5) is 11.4 Å². The molecule has 0 saturated carbocycles. The Morgan fingerprint density at radius 2 is 1.42 bits per heavy atom. The Kier molecular flexibility index (Phi) is 5.29. The Hall–Kier alpha value is -2.59. The first-order valence-electron chi connectivity index (χ1n) is 7.65. The van der Waals surface area contributed by atoms with Crippen molar-refractivity contribution in [3.8, 4) is 0 Å². The first-order chi connectivity index (χ1) is 11.7. The first kappa shape index (κ1) is 16.3. The minimum atomic E-state index is -0.118. The van der Waals surface area contributed by atoms with Gasteiger partial charge < -0.3 is 10.6 Å². The number of anilines is 2. The maximum absolute atomic E-state index is 12.2. The van der Waals surface area contributed by atoms with Crippen LogP contribution in [0, 0.1) is 0 Å². The van der Waals surface area contributed by atoms with E-state index in [0.29, 0.717) is 5.56 Å². The van der Waals surface area contributed by atoms with E-state index in [4.69, 9.17) is 0 Å². The molecule has 120 valence electrons. The van der Waals surface area contributed by atoms with E-state index in [-0.39, 0.29) is 5.91 Å². The molecule has 3 nitrogen and oxygen atoms in total. The molecule has 24 heavy (non-hydrogen) atoms. The van der Waals surface area contributed by atoms with Crippen LogP contribution in [-0.4, -0.2) is 5.91 Å². The monoisotopic (exact) mass is 380 g/mol. The van der Waals surface area contributed by atoms with E-state index >= 15 is 0 Å². The lowest BCUT2D eigenvalue weighted by Crippen LogP contribution is -2.11. The molecule has 3 aromatic rings. The van der Waals surface area contributed by atoms with Crippen LogP contribution in [0.3, 0.4) is 0 Å². The highest BCUT2D eigenvalue weighted by molar-refractivity contribution is 9.10. The van der Waals surface area contributed by atoms with Gasteiger partial charge >= 0.3 is 0 Å². The van der Waals surface area contributed by atoms with Gasteiger partial charge in [0.2, 0.25) is 0 Å². The normalized spacial score (nSPS) is 10.2. The van der Waals surface area contributed by atoms with Crippen LogP contribution in [0.15, 0.2) is 83.3 Å². The second-order valence-electron chi connectivity index (χ2n) is 5.38. The minimum absolute atomic E-state index is 0.118. The van der Waals surface area contributed by atoms with Gasteiger partial charge in [-0.1, -0.05) is 46.3 Å². The van der Waals surface area contributed by atoms with Crippen molar-refractivity contribution in [3.63, 3.8) is 0 Å². The third-order valence-electron chi connectivity index (χ3n) is 3.59. The number of rotatable bonds is 5. The van der Waals surface area contributed by atoms with Crippen molar-refractivity contribution in [2.45, 2.75) is 6.54 Å². The Morgan fingerprint density at radius 1 is 0.792 bits per heavy atom. The van der Waals surface area contributed by atoms with Crippen molar-refractivity contribution in [1.82, 2.24) is 0 Å². The molecule has 0 aromatic heterocycles. The number of hydrogen-bond acceptors (Lipinski definition) is 2. The van der Waals surface area contributed by atoms with Crippen LogP contribution in [0.2, 0.25) is 0 Å². The molecule has 1 amide bonds. The summed E-state index contributed by atoms with van der Waals surface area (Å²) >= 11 is 3.36. The van der Waals surface area contributed by atoms with Gasteiger partial charge in [0.1, 0.15) is 0 Å². The second-order valence-corrected chi connectivity index (χ2v) is 6.29. The van der Waals surface area contributed by atoms with Gasteiger partial charge in [0, 0.05) is 28.0 Å². The van der Waals surface area contributed by atoms with Crippen LogP contribution in [0.1, 0.15) is 15.9 Å². The van der Waals surface area contributed by atoms with Crippen molar-refractivity contribution in [2.24, 2.45) is 0 Å². The Bertz CT molecular complexity index is 799. The molecule has 0 spiro atoms. The van der Waals surface area contributed by atoms with Crippen molar-refractivity contribution in [2.75, 3.05) is 10.6 Å². The van der Waals surface area contributed by atoms with Gasteiger partial charge in [0.05, 0.1) is 0 Å². The maximum atomic E-state index is 12.2. The smallest absolute Gasteiger partial charge is 0.255 e. The average molecular weight is 381 g/mol. The van der Waals surface area contributed by atoms with Crippen molar-refractivity contribution < 1.29 is 4.79 Å². The van der Waals surface area contributed by atoms with E-state index in [2.05, 4.69) is 38.7 Å². The molecular weight excluding hydrogens is 364 g/mol. The summed E-state index contributed by atoms with van der Waals surface area (Å²) in [5, 5.41) is 6.26. The number of carbonyl (C=O) groups excluding carboxylic acids is 1. The Labute approximate surface area is 149 Å². The van der Waals surface area contributed by atoms with Crippen LogP contribution in [-0.2, 0) is 6.54 Å². The highest BCUT2D eigenvalue weighted by atomic mass is 79.9. The SMILES string of the molecule is O=C(Nc1ccc(NCc2ccccc2)cc1)c1ccc(Br)cc1. The van der Waals surface area contributed by atoms with Gasteiger partial charge in [-0.05, 0) is 54.1 Å². The quantitative estimate of drug-likeness (QED) is 0.629. The number of nitrogens with one attached hydrogen (secondary N) is 2. The van der Waals surface area contributed by atoms with Gasteiger partial charge in [0.15, 0.2) is 0 Å². The molecule has 0 bridgehead atoms.